The lowest BCUT2D eigenvalue weighted by Crippen LogP contribution is -2.13. The Balaban J connectivity index is 1.84. The molecule has 1 N–H and O–H groups in total. The second-order valence-corrected chi connectivity index (χ2v) is 9.92. The molecule has 0 unspecified atom stereocenters. The molecular formula is C30H35FO4. The van der Waals surface area contributed by atoms with E-state index in [4.69, 9.17) is 9.47 Å². The van der Waals surface area contributed by atoms with Crippen molar-refractivity contribution >= 4 is 5.97 Å². The first-order valence-corrected chi connectivity index (χ1v) is 12.0. The van der Waals surface area contributed by atoms with Crippen molar-refractivity contribution in [2.24, 2.45) is 0 Å². The minimum absolute atomic E-state index is 0.00295. The minimum Gasteiger partial charge on any atom is -0.497 e. The average Bonchev–Trinajstić information content (AvgIpc) is 2.82. The number of ether oxygens (including phenoxy) is 2. The molecular weight excluding hydrogens is 443 g/mol. The van der Waals surface area contributed by atoms with Crippen molar-refractivity contribution in [2.75, 3.05) is 7.11 Å². The first-order chi connectivity index (χ1) is 16.6. The number of aliphatic carboxylic acids is 1. The molecule has 4 nitrogen and oxygen atoms in total. The first kappa shape index (κ1) is 26.3. The number of rotatable bonds is 10. The molecule has 3 aromatic rings. The number of halogens is 1. The fraction of sp³-hybridized carbons (Fsp3) is 0.367. The van der Waals surface area contributed by atoms with Gasteiger partial charge in [0.15, 0.2) is 0 Å². The topological polar surface area (TPSA) is 55.8 Å². The lowest BCUT2D eigenvalue weighted by atomic mass is 9.81. The molecule has 0 aromatic heterocycles. The number of carbonyl (C=O) groups is 1. The quantitative estimate of drug-likeness (QED) is 0.324. The van der Waals surface area contributed by atoms with E-state index in [0.717, 1.165) is 35.1 Å². The van der Waals surface area contributed by atoms with Crippen molar-refractivity contribution in [1.82, 2.24) is 0 Å². The monoisotopic (exact) mass is 478 g/mol. The minimum atomic E-state index is -0.786. The Kier molecular flexibility index (Phi) is 8.55. The third-order valence-corrected chi connectivity index (χ3v) is 6.17. The van der Waals surface area contributed by atoms with Crippen molar-refractivity contribution in [3.63, 3.8) is 0 Å². The Bertz CT molecular complexity index is 1150. The smallest absolute Gasteiger partial charge is 0.303 e. The van der Waals surface area contributed by atoms with Crippen LogP contribution < -0.4 is 9.47 Å². The molecule has 0 bridgehead atoms. The molecule has 3 rings (SSSR count). The highest BCUT2D eigenvalue weighted by Gasteiger charge is 2.21. The van der Waals surface area contributed by atoms with Crippen LogP contribution in [0.4, 0.5) is 4.39 Å². The molecule has 35 heavy (non-hydrogen) atoms. The fourth-order valence-electron chi connectivity index (χ4n) is 4.34. The van der Waals surface area contributed by atoms with Gasteiger partial charge in [0.05, 0.1) is 13.5 Å². The summed E-state index contributed by atoms with van der Waals surface area (Å²) >= 11 is 0. The van der Waals surface area contributed by atoms with Gasteiger partial charge in [0, 0.05) is 5.56 Å². The number of hydrogen-bond acceptors (Lipinski definition) is 3. The van der Waals surface area contributed by atoms with Crippen LogP contribution in [0.3, 0.4) is 0 Å². The van der Waals surface area contributed by atoms with Crippen LogP contribution in [0.2, 0.25) is 0 Å². The van der Waals surface area contributed by atoms with Gasteiger partial charge in [0.2, 0.25) is 0 Å². The van der Waals surface area contributed by atoms with E-state index in [1.165, 1.54) is 6.07 Å². The van der Waals surface area contributed by atoms with E-state index in [1.54, 1.807) is 19.2 Å². The number of benzene rings is 3. The molecule has 0 saturated carbocycles. The zero-order valence-electron chi connectivity index (χ0n) is 21.2. The molecule has 0 fully saturated rings. The Hall–Kier alpha value is -3.34. The van der Waals surface area contributed by atoms with Crippen LogP contribution >= 0.6 is 0 Å². The maximum absolute atomic E-state index is 14.9. The predicted octanol–water partition coefficient (Wildman–Crippen LogP) is 7.74. The molecule has 186 valence electrons. The molecule has 1 atom stereocenters. The van der Waals surface area contributed by atoms with Crippen molar-refractivity contribution in [3.8, 4) is 22.6 Å². The van der Waals surface area contributed by atoms with Gasteiger partial charge in [-0.1, -0.05) is 58.4 Å². The van der Waals surface area contributed by atoms with E-state index < -0.39 is 5.97 Å². The summed E-state index contributed by atoms with van der Waals surface area (Å²) in [7, 11) is 1.57. The van der Waals surface area contributed by atoms with Crippen molar-refractivity contribution in [2.45, 2.75) is 64.9 Å². The Morgan fingerprint density at radius 1 is 0.971 bits per heavy atom. The normalized spacial score (nSPS) is 12.3. The molecule has 0 spiro atoms. The van der Waals surface area contributed by atoms with E-state index in [1.807, 2.05) is 42.5 Å². The molecule has 0 radical (unpaired) electrons. The predicted molar refractivity (Wildman–Crippen MR) is 138 cm³/mol. The molecule has 0 saturated heterocycles. The third kappa shape index (κ3) is 6.84. The van der Waals surface area contributed by atoms with Gasteiger partial charge in [-0.2, -0.15) is 0 Å². The van der Waals surface area contributed by atoms with E-state index in [9.17, 15) is 14.3 Å². The summed E-state index contributed by atoms with van der Waals surface area (Å²) in [5.41, 5.74) is 4.12. The van der Waals surface area contributed by atoms with Gasteiger partial charge in [-0.05, 0) is 76.4 Å². The lowest BCUT2D eigenvalue weighted by Gasteiger charge is -2.24. The van der Waals surface area contributed by atoms with Crippen LogP contribution in [-0.2, 0) is 16.8 Å². The summed E-state index contributed by atoms with van der Waals surface area (Å²) in [5.74, 6) is 0.219. The molecule has 0 aliphatic carbocycles. The van der Waals surface area contributed by atoms with Gasteiger partial charge in [0.25, 0.3) is 0 Å². The zero-order valence-corrected chi connectivity index (χ0v) is 21.2. The van der Waals surface area contributed by atoms with Crippen LogP contribution in [0.15, 0.2) is 60.7 Å². The summed E-state index contributed by atoms with van der Waals surface area (Å²) < 4.78 is 26.2. The number of methoxy groups -OCH3 is 1. The highest BCUT2D eigenvalue weighted by molar-refractivity contribution is 5.71. The SMILES string of the molecule is CCC[C@H](CC(=O)O)c1ccc(OCc2ccc(C(C)(C)C)c(-c3cc(OC)ccc3F)c2)cc1. The summed E-state index contributed by atoms with van der Waals surface area (Å²) in [5, 5.41) is 9.20. The fourth-order valence-corrected chi connectivity index (χ4v) is 4.34. The van der Waals surface area contributed by atoms with E-state index in [0.29, 0.717) is 23.7 Å². The van der Waals surface area contributed by atoms with Gasteiger partial charge in [-0.15, -0.1) is 0 Å². The summed E-state index contributed by atoms with van der Waals surface area (Å²) in [4.78, 5) is 11.2. The number of carboxylic acid groups (broad SMARTS) is 1. The summed E-state index contributed by atoms with van der Waals surface area (Å²) in [6, 6.07) is 18.5. The Morgan fingerprint density at radius 3 is 2.26 bits per heavy atom. The van der Waals surface area contributed by atoms with Crippen molar-refractivity contribution in [3.05, 3.63) is 83.2 Å². The second kappa shape index (κ2) is 11.4. The van der Waals surface area contributed by atoms with Crippen LogP contribution in [0.1, 0.15) is 69.6 Å². The molecule has 0 heterocycles. The van der Waals surface area contributed by atoms with E-state index in [2.05, 4.69) is 27.7 Å². The van der Waals surface area contributed by atoms with Crippen molar-refractivity contribution < 1.29 is 23.8 Å². The summed E-state index contributed by atoms with van der Waals surface area (Å²) in [6.07, 6.45) is 1.88. The third-order valence-electron chi connectivity index (χ3n) is 6.17. The van der Waals surface area contributed by atoms with E-state index in [-0.39, 0.29) is 23.6 Å². The van der Waals surface area contributed by atoms with Crippen LogP contribution in [0.25, 0.3) is 11.1 Å². The van der Waals surface area contributed by atoms with Crippen molar-refractivity contribution in [1.29, 1.82) is 0 Å². The first-order valence-electron chi connectivity index (χ1n) is 12.0. The average molecular weight is 479 g/mol. The van der Waals surface area contributed by atoms with Crippen LogP contribution in [0, 0.1) is 5.82 Å². The maximum Gasteiger partial charge on any atom is 0.303 e. The Labute approximate surface area is 207 Å². The van der Waals surface area contributed by atoms with Gasteiger partial charge in [0.1, 0.15) is 23.9 Å². The van der Waals surface area contributed by atoms with Gasteiger partial charge in [-0.3, -0.25) is 4.79 Å². The molecule has 0 aliphatic rings. The van der Waals surface area contributed by atoms with Crippen LogP contribution in [0.5, 0.6) is 11.5 Å². The number of carboxylic acids is 1. The lowest BCUT2D eigenvalue weighted by molar-refractivity contribution is -0.137. The van der Waals surface area contributed by atoms with Gasteiger partial charge >= 0.3 is 5.97 Å². The molecule has 3 aromatic carbocycles. The summed E-state index contributed by atoms with van der Waals surface area (Å²) in [6.45, 7) is 8.71. The van der Waals surface area contributed by atoms with E-state index >= 15 is 0 Å². The van der Waals surface area contributed by atoms with Gasteiger partial charge in [-0.25, -0.2) is 4.39 Å². The van der Waals surface area contributed by atoms with Crippen LogP contribution in [-0.4, -0.2) is 18.2 Å². The number of hydrogen-bond donors (Lipinski definition) is 1. The standard InChI is InChI=1S/C30H35FO4/c1-6-7-22(17-29(32)33)21-9-11-23(12-10-21)35-19-20-8-14-27(30(2,3)4)25(16-20)26-18-24(34-5)13-15-28(26)31/h8-16,18,22H,6-7,17,19H2,1-5H3,(H,32,33)/t22-/m1/s1. The molecule has 0 amide bonds. The molecule has 0 aliphatic heterocycles. The highest BCUT2D eigenvalue weighted by atomic mass is 19.1. The zero-order chi connectivity index (χ0) is 25.6. The Morgan fingerprint density at radius 2 is 1.66 bits per heavy atom. The largest absolute Gasteiger partial charge is 0.497 e. The van der Waals surface area contributed by atoms with Gasteiger partial charge < -0.3 is 14.6 Å². The molecule has 5 heteroatoms. The maximum atomic E-state index is 14.9. The highest BCUT2D eigenvalue weighted by Crippen LogP contribution is 2.37. The second-order valence-electron chi connectivity index (χ2n) is 9.92.